The van der Waals surface area contributed by atoms with Gasteiger partial charge in [0.15, 0.2) is 5.82 Å². The molecule has 0 N–H and O–H groups in total. The molecule has 122 valence electrons. The van der Waals surface area contributed by atoms with Gasteiger partial charge >= 0.3 is 0 Å². The molecule has 0 radical (unpaired) electrons. The van der Waals surface area contributed by atoms with Crippen molar-refractivity contribution in [3.05, 3.63) is 54.5 Å². The second-order valence-corrected chi connectivity index (χ2v) is 5.24. The van der Waals surface area contributed by atoms with Crippen molar-refractivity contribution in [2.24, 2.45) is 7.05 Å². The van der Waals surface area contributed by atoms with E-state index in [4.69, 9.17) is 4.74 Å². The van der Waals surface area contributed by atoms with Crippen LogP contribution in [0, 0.1) is 0 Å². The van der Waals surface area contributed by atoms with Gasteiger partial charge in [-0.15, -0.1) is 0 Å². The van der Waals surface area contributed by atoms with Gasteiger partial charge in [-0.1, -0.05) is 12.1 Å². The Bertz CT molecular complexity index is 840. The van der Waals surface area contributed by atoms with Crippen molar-refractivity contribution >= 4 is 11.6 Å². The Kier molecular flexibility index (Phi) is 4.24. The molecule has 2 aromatic heterocycles. The van der Waals surface area contributed by atoms with E-state index in [9.17, 15) is 4.79 Å². The molecule has 0 fully saturated rings. The Labute approximate surface area is 139 Å². The Morgan fingerprint density at radius 3 is 2.42 bits per heavy atom. The summed E-state index contributed by atoms with van der Waals surface area (Å²) in [5, 5.41) is 4.24. The highest BCUT2D eigenvalue weighted by Crippen LogP contribution is 2.19. The van der Waals surface area contributed by atoms with Crippen molar-refractivity contribution in [3.8, 4) is 17.3 Å². The van der Waals surface area contributed by atoms with Gasteiger partial charge < -0.3 is 9.64 Å². The Balaban J connectivity index is 1.78. The van der Waals surface area contributed by atoms with Crippen LogP contribution in [0.4, 0.5) is 5.69 Å². The average molecular weight is 323 g/mol. The maximum absolute atomic E-state index is 12.6. The summed E-state index contributed by atoms with van der Waals surface area (Å²) in [6.45, 7) is 0. The third kappa shape index (κ3) is 3.10. The van der Waals surface area contributed by atoms with Gasteiger partial charge in [0.2, 0.25) is 5.88 Å². The van der Waals surface area contributed by atoms with Gasteiger partial charge in [-0.05, 0) is 18.2 Å². The highest BCUT2D eigenvalue weighted by molar-refractivity contribution is 6.05. The van der Waals surface area contributed by atoms with Crippen molar-refractivity contribution in [1.29, 1.82) is 0 Å². The molecular formula is C17H17N5O2. The molecule has 3 aromatic rings. The molecule has 0 aliphatic heterocycles. The number of carbonyl (C=O) groups excluding carboxylic acids is 1. The Morgan fingerprint density at radius 1 is 1.12 bits per heavy atom. The number of hydrogen-bond acceptors (Lipinski definition) is 5. The van der Waals surface area contributed by atoms with E-state index in [2.05, 4.69) is 15.1 Å². The van der Waals surface area contributed by atoms with Gasteiger partial charge in [0.1, 0.15) is 6.33 Å². The lowest BCUT2D eigenvalue weighted by Crippen LogP contribution is -2.26. The molecule has 0 saturated carbocycles. The quantitative estimate of drug-likeness (QED) is 0.735. The summed E-state index contributed by atoms with van der Waals surface area (Å²) in [5.74, 6) is 1.01. The van der Waals surface area contributed by atoms with Crippen LogP contribution in [-0.4, -0.2) is 39.8 Å². The number of anilines is 1. The highest BCUT2D eigenvalue weighted by atomic mass is 16.5. The number of hydrogen-bond donors (Lipinski definition) is 0. The predicted molar refractivity (Wildman–Crippen MR) is 90.0 cm³/mol. The van der Waals surface area contributed by atoms with Gasteiger partial charge in [0, 0.05) is 31.3 Å². The van der Waals surface area contributed by atoms with Crippen molar-refractivity contribution in [1.82, 2.24) is 19.7 Å². The monoisotopic (exact) mass is 323 g/mol. The molecule has 7 heteroatoms. The van der Waals surface area contributed by atoms with Crippen LogP contribution in [0.15, 0.2) is 48.9 Å². The summed E-state index contributed by atoms with van der Waals surface area (Å²) in [7, 11) is 5.07. The molecule has 0 saturated heterocycles. The summed E-state index contributed by atoms with van der Waals surface area (Å²) in [5.41, 5.74) is 2.13. The molecule has 0 unspecified atom stereocenters. The van der Waals surface area contributed by atoms with Gasteiger partial charge in [0.25, 0.3) is 5.91 Å². The van der Waals surface area contributed by atoms with Crippen LogP contribution in [0.5, 0.6) is 5.88 Å². The minimum Gasteiger partial charge on any atom is -0.481 e. The number of aromatic nitrogens is 4. The van der Waals surface area contributed by atoms with E-state index in [1.54, 1.807) is 60.5 Å². The second kappa shape index (κ2) is 6.49. The predicted octanol–water partition coefficient (Wildman–Crippen LogP) is 2.16. The first kappa shape index (κ1) is 15.7. The molecule has 0 spiro atoms. The maximum Gasteiger partial charge on any atom is 0.258 e. The molecule has 24 heavy (non-hydrogen) atoms. The van der Waals surface area contributed by atoms with Gasteiger partial charge in [0.05, 0.1) is 19.0 Å². The second-order valence-electron chi connectivity index (χ2n) is 5.24. The van der Waals surface area contributed by atoms with E-state index in [1.807, 2.05) is 19.2 Å². The normalized spacial score (nSPS) is 10.5. The molecule has 7 nitrogen and oxygen atoms in total. The molecular weight excluding hydrogens is 306 g/mol. The van der Waals surface area contributed by atoms with E-state index in [1.165, 1.54) is 0 Å². The van der Waals surface area contributed by atoms with Crippen LogP contribution in [0.25, 0.3) is 11.4 Å². The SMILES string of the molecule is COc1ccc(N(C)C(=O)c2ccc(-c3ncn(C)n3)cc2)cn1. The number of nitrogens with zero attached hydrogens (tertiary/aromatic N) is 5. The van der Waals surface area contributed by atoms with Crippen LogP contribution in [0.3, 0.4) is 0 Å². The Morgan fingerprint density at radius 2 is 1.88 bits per heavy atom. The number of pyridine rings is 1. The third-order valence-electron chi connectivity index (χ3n) is 3.61. The lowest BCUT2D eigenvalue weighted by Gasteiger charge is -2.17. The lowest BCUT2D eigenvalue weighted by atomic mass is 10.1. The Hall–Kier alpha value is -3.22. The zero-order valence-corrected chi connectivity index (χ0v) is 13.7. The minimum atomic E-state index is -0.123. The molecule has 2 heterocycles. The first-order valence-corrected chi connectivity index (χ1v) is 7.32. The molecule has 0 bridgehead atoms. The summed E-state index contributed by atoms with van der Waals surface area (Å²) >= 11 is 0. The van der Waals surface area contributed by atoms with Crippen LogP contribution in [0.1, 0.15) is 10.4 Å². The van der Waals surface area contributed by atoms with E-state index in [0.29, 0.717) is 23.0 Å². The standard InChI is InChI=1S/C17H17N5O2/c1-21-11-19-16(20-21)12-4-6-13(7-5-12)17(23)22(2)14-8-9-15(24-3)18-10-14/h4-11H,1-3H3. The smallest absolute Gasteiger partial charge is 0.258 e. The third-order valence-corrected chi connectivity index (χ3v) is 3.61. The van der Waals surface area contributed by atoms with E-state index in [-0.39, 0.29) is 5.91 Å². The number of amides is 1. The fraction of sp³-hybridized carbons (Fsp3) is 0.176. The first-order valence-electron chi connectivity index (χ1n) is 7.32. The van der Waals surface area contributed by atoms with E-state index in [0.717, 1.165) is 5.56 Å². The molecule has 1 amide bonds. The largest absolute Gasteiger partial charge is 0.481 e. The van der Waals surface area contributed by atoms with Gasteiger partial charge in [-0.25, -0.2) is 9.97 Å². The maximum atomic E-state index is 12.6. The van der Waals surface area contributed by atoms with Crippen LogP contribution >= 0.6 is 0 Å². The number of rotatable bonds is 4. The van der Waals surface area contributed by atoms with Crippen LogP contribution < -0.4 is 9.64 Å². The van der Waals surface area contributed by atoms with Gasteiger partial charge in [-0.2, -0.15) is 5.10 Å². The number of carbonyl (C=O) groups is 1. The minimum absolute atomic E-state index is 0.123. The highest BCUT2D eigenvalue weighted by Gasteiger charge is 2.14. The summed E-state index contributed by atoms with van der Waals surface area (Å²) in [6.07, 6.45) is 3.24. The van der Waals surface area contributed by atoms with E-state index >= 15 is 0 Å². The van der Waals surface area contributed by atoms with E-state index < -0.39 is 0 Å². The zero-order valence-electron chi connectivity index (χ0n) is 13.7. The molecule has 3 rings (SSSR count). The summed E-state index contributed by atoms with van der Waals surface area (Å²) in [4.78, 5) is 22.4. The fourth-order valence-corrected chi connectivity index (χ4v) is 2.24. The van der Waals surface area contributed by atoms with Crippen molar-refractivity contribution < 1.29 is 9.53 Å². The van der Waals surface area contributed by atoms with Crippen LogP contribution in [-0.2, 0) is 7.05 Å². The lowest BCUT2D eigenvalue weighted by molar-refractivity contribution is 0.0993. The van der Waals surface area contributed by atoms with Crippen molar-refractivity contribution in [3.63, 3.8) is 0 Å². The molecule has 0 aliphatic carbocycles. The first-order chi connectivity index (χ1) is 11.6. The van der Waals surface area contributed by atoms with Crippen molar-refractivity contribution in [2.75, 3.05) is 19.1 Å². The van der Waals surface area contributed by atoms with Crippen molar-refractivity contribution in [2.45, 2.75) is 0 Å². The molecule has 1 aromatic carbocycles. The van der Waals surface area contributed by atoms with Gasteiger partial charge in [-0.3, -0.25) is 9.48 Å². The number of benzene rings is 1. The number of ether oxygens (including phenoxy) is 1. The molecule has 0 atom stereocenters. The zero-order chi connectivity index (χ0) is 17.1. The number of methoxy groups -OCH3 is 1. The van der Waals surface area contributed by atoms with Crippen LogP contribution in [0.2, 0.25) is 0 Å². The summed E-state index contributed by atoms with van der Waals surface area (Å²) in [6, 6.07) is 10.7. The fourth-order valence-electron chi connectivity index (χ4n) is 2.24. The number of aryl methyl sites for hydroxylation is 1. The topological polar surface area (TPSA) is 73.1 Å². The summed E-state index contributed by atoms with van der Waals surface area (Å²) < 4.78 is 6.66. The average Bonchev–Trinajstić information content (AvgIpc) is 3.07. The molecule has 0 aliphatic rings.